The Kier molecular flexibility index (Phi) is 9.50. The smallest absolute Gasteiger partial charge is 0.191 e. The van der Waals surface area contributed by atoms with E-state index in [0.717, 1.165) is 30.6 Å². The second kappa shape index (κ2) is 10.8. The van der Waals surface area contributed by atoms with E-state index in [-0.39, 0.29) is 24.0 Å². The summed E-state index contributed by atoms with van der Waals surface area (Å²) in [7, 11) is 1.81. The van der Waals surface area contributed by atoms with Crippen molar-refractivity contribution < 1.29 is 0 Å². The second-order valence-corrected chi connectivity index (χ2v) is 6.11. The summed E-state index contributed by atoms with van der Waals surface area (Å²) in [4.78, 5) is 4.30. The second-order valence-electron chi connectivity index (χ2n) is 6.11. The van der Waals surface area contributed by atoms with Crippen molar-refractivity contribution in [3.05, 3.63) is 11.6 Å². The van der Waals surface area contributed by atoms with Crippen molar-refractivity contribution in [2.75, 3.05) is 7.05 Å². The van der Waals surface area contributed by atoms with E-state index in [4.69, 9.17) is 0 Å². The molecule has 2 N–H and O–H groups in total. The fourth-order valence-corrected chi connectivity index (χ4v) is 2.86. The van der Waals surface area contributed by atoms with E-state index in [9.17, 15) is 0 Å². The lowest BCUT2D eigenvalue weighted by atomic mass is 10.1. The molecule has 0 aromatic carbocycles. The Morgan fingerprint density at radius 1 is 1.30 bits per heavy atom. The molecule has 1 unspecified atom stereocenters. The van der Waals surface area contributed by atoms with E-state index < -0.39 is 0 Å². The number of aryl methyl sites for hydroxylation is 1. The lowest BCUT2D eigenvalue weighted by Crippen LogP contribution is -2.42. The van der Waals surface area contributed by atoms with E-state index in [0.29, 0.717) is 12.6 Å². The van der Waals surface area contributed by atoms with Gasteiger partial charge in [0, 0.05) is 26.1 Å². The topological polar surface area (TPSA) is 67.1 Å². The number of halogens is 1. The zero-order chi connectivity index (χ0) is 15.8. The summed E-state index contributed by atoms with van der Waals surface area (Å²) >= 11 is 0. The van der Waals surface area contributed by atoms with Crippen LogP contribution in [0, 0.1) is 0 Å². The van der Waals surface area contributed by atoms with Crippen LogP contribution in [0.2, 0.25) is 0 Å². The molecule has 1 aliphatic heterocycles. The quantitative estimate of drug-likeness (QED) is 0.300. The maximum absolute atomic E-state index is 4.31. The summed E-state index contributed by atoms with van der Waals surface area (Å²) < 4.78 is 2.24. The van der Waals surface area contributed by atoms with Crippen molar-refractivity contribution in [3.63, 3.8) is 0 Å². The molecule has 0 amide bonds. The summed E-state index contributed by atoms with van der Waals surface area (Å²) in [5.74, 6) is 2.98. The Morgan fingerprint density at radius 2 is 2.13 bits per heavy atom. The highest BCUT2D eigenvalue weighted by atomic mass is 127. The van der Waals surface area contributed by atoms with Gasteiger partial charge in [0.15, 0.2) is 11.8 Å². The first-order chi connectivity index (χ1) is 10.7. The molecular weight excluding hydrogens is 403 g/mol. The Balaban J connectivity index is 0.00000264. The van der Waals surface area contributed by atoms with Crippen LogP contribution in [0.15, 0.2) is 4.99 Å². The van der Waals surface area contributed by atoms with Crippen LogP contribution < -0.4 is 10.6 Å². The van der Waals surface area contributed by atoms with Gasteiger partial charge in [0.1, 0.15) is 5.82 Å². The van der Waals surface area contributed by atoms with Gasteiger partial charge < -0.3 is 15.2 Å². The summed E-state index contributed by atoms with van der Waals surface area (Å²) in [5, 5.41) is 15.4. The number of hydrogen-bond donors (Lipinski definition) is 2. The molecule has 0 saturated carbocycles. The molecule has 0 spiro atoms. The van der Waals surface area contributed by atoms with Crippen LogP contribution in [0.5, 0.6) is 0 Å². The largest absolute Gasteiger partial charge is 0.354 e. The van der Waals surface area contributed by atoms with Gasteiger partial charge in [-0.1, -0.05) is 26.2 Å². The van der Waals surface area contributed by atoms with Crippen molar-refractivity contribution in [2.24, 2.45) is 4.99 Å². The highest BCUT2D eigenvalue weighted by molar-refractivity contribution is 14.0. The van der Waals surface area contributed by atoms with E-state index in [1.807, 2.05) is 7.05 Å². The number of fused-ring (bicyclic) bond motifs is 1. The molecule has 7 heteroatoms. The Morgan fingerprint density at radius 3 is 2.87 bits per heavy atom. The van der Waals surface area contributed by atoms with Gasteiger partial charge in [-0.2, -0.15) is 0 Å². The number of nitrogens with zero attached hydrogens (tertiary/aromatic N) is 4. The molecule has 1 aromatic heterocycles. The third-order valence-electron chi connectivity index (χ3n) is 4.20. The summed E-state index contributed by atoms with van der Waals surface area (Å²) in [6.07, 6.45) is 8.49. The molecule has 132 valence electrons. The van der Waals surface area contributed by atoms with Crippen molar-refractivity contribution in [1.29, 1.82) is 0 Å². The lowest BCUT2D eigenvalue weighted by molar-refractivity contribution is 0.503. The molecule has 0 bridgehead atoms. The highest BCUT2D eigenvalue weighted by Gasteiger charge is 2.15. The molecular formula is C16H31IN6. The van der Waals surface area contributed by atoms with Crippen molar-refractivity contribution in [2.45, 2.75) is 77.9 Å². The average molecular weight is 434 g/mol. The molecule has 0 saturated heterocycles. The van der Waals surface area contributed by atoms with Crippen LogP contribution >= 0.6 is 24.0 Å². The molecule has 23 heavy (non-hydrogen) atoms. The van der Waals surface area contributed by atoms with Gasteiger partial charge in [-0.05, 0) is 26.2 Å². The lowest BCUT2D eigenvalue weighted by Gasteiger charge is -2.19. The van der Waals surface area contributed by atoms with Crippen LogP contribution in [0.4, 0.5) is 0 Å². The number of hydrogen-bond acceptors (Lipinski definition) is 3. The minimum atomic E-state index is 0. The zero-order valence-corrected chi connectivity index (χ0v) is 17.0. The first-order valence-electron chi connectivity index (χ1n) is 8.62. The minimum Gasteiger partial charge on any atom is -0.354 e. The molecule has 0 fully saturated rings. The van der Waals surface area contributed by atoms with Gasteiger partial charge in [0.05, 0.1) is 6.54 Å². The van der Waals surface area contributed by atoms with E-state index in [1.165, 1.54) is 38.5 Å². The zero-order valence-electron chi connectivity index (χ0n) is 14.6. The fraction of sp³-hybridized carbons (Fsp3) is 0.812. The molecule has 0 radical (unpaired) electrons. The first-order valence-corrected chi connectivity index (χ1v) is 8.62. The Labute approximate surface area is 157 Å². The third kappa shape index (κ3) is 6.27. The SMILES string of the molecule is CCCCCC(C)NC(=NC)NCc1nnc2n1CCCC2.I. The Hall–Kier alpha value is -0.860. The predicted molar refractivity (Wildman–Crippen MR) is 105 cm³/mol. The molecule has 0 aliphatic carbocycles. The normalized spacial score (nSPS) is 15.5. The van der Waals surface area contributed by atoms with Crippen molar-refractivity contribution in [1.82, 2.24) is 25.4 Å². The minimum absolute atomic E-state index is 0. The Bertz CT molecular complexity index is 485. The number of rotatable bonds is 7. The number of unbranched alkanes of at least 4 members (excludes halogenated alkanes) is 2. The average Bonchev–Trinajstić information content (AvgIpc) is 2.95. The standard InChI is InChI=1S/C16H30N6.HI/c1-4-5-6-9-13(2)19-16(17-3)18-12-15-21-20-14-10-7-8-11-22(14)15;/h13H,4-12H2,1-3H3,(H2,17,18,19);1H. The first kappa shape index (κ1) is 20.2. The van der Waals surface area contributed by atoms with Crippen LogP contribution in [0.3, 0.4) is 0 Å². The van der Waals surface area contributed by atoms with Crippen LogP contribution in [-0.4, -0.2) is 33.8 Å². The predicted octanol–water partition coefficient (Wildman–Crippen LogP) is 2.87. The molecule has 2 heterocycles. The van der Waals surface area contributed by atoms with Gasteiger partial charge in [-0.15, -0.1) is 34.2 Å². The van der Waals surface area contributed by atoms with Gasteiger partial charge in [0.25, 0.3) is 0 Å². The maximum Gasteiger partial charge on any atom is 0.191 e. The molecule has 1 atom stereocenters. The number of aliphatic imine (C=N–C) groups is 1. The molecule has 1 aliphatic rings. The van der Waals surface area contributed by atoms with Gasteiger partial charge >= 0.3 is 0 Å². The summed E-state index contributed by atoms with van der Waals surface area (Å²) in [6.45, 7) is 6.16. The van der Waals surface area contributed by atoms with E-state index in [2.05, 4.69) is 44.2 Å². The summed E-state index contributed by atoms with van der Waals surface area (Å²) in [5.41, 5.74) is 0. The van der Waals surface area contributed by atoms with Crippen molar-refractivity contribution >= 4 is 29.9 Å². The maximum atomic E-state index is 4.31. The van der Waals surface area contributed by atoms with Crippen LogP contribution in [-0.2, 0) is 19.5 Å². The van der Waals surface area contributed by atoms with Gasteiger partial charge in [-0.25, -0.2) is 0 Å². The summed E-state index contributed by atoms with van der Waals surface area (Å²) in [6, 6.07) is 0.435. The van der Waals surface area contributed by atoms with Gasteiger partial charge in [-0.3, -0.25) is 4.99 Å². The van der Waals surface area contributed by atoms with Crippen LogP contribution in [0.1, 0.15) is 64.0 Å². The monoisotopic (exact) mass is 434 g/mol. The molecule has 1 aromatic rings. The third-order valence-corrected chi connectivity index (χ3v) is 4.20. The van der Waals surface area contributed by atoms with Crippen molar-refractivity contribution in [3.8, 4) is 0 Å². The number of nitrogens with one attached hydrogen (secondary N) is 2. The molecule has 6 nitrogen and oxygen atoms in total. The van der Waals surface area contributed by atoms with Gasteiger partial charge in [0.2, 0.25) is 0 Å². The van der Waals surface area contributed by atoms with E-state index >= 15 is 0 Å². The van der Waals surface area contributed by atoms with E-state index in [1.54, 1.807) is 0 Å². The fourth-order valence-electron chi connectivity index (χ4n) is 2.86. The number of guanidine groups is 1. The van der Waals surface area contributed by atoms with Crippen LogP contribution in [0.25, 0.3) is 0 Å². The highest BCUT2D eigenvalue weighted by Crippen LogP contribution is 2.13. The number of aromatic nitrogens is 3. The molecule has 2 rings (SSSR count).